The number of morpholine rings is 1. The van der Waals surface area contributed by atoms with Crippen LogP contribution in [0.1, 0.15) is 34.5 Å². The Hall–Kier alpha value is -3.50. The molecular formula is C30H31N3O5. The summed E-state index contributed by atoms with van der Waals surface area (Å²) < 4.78 is 4.88. The van der Waals surface area contributed by atoms with Gasteiger partial charge in [-0.25, -0.2) is 9.78 Å². The summed E-state index contributed by atoms with van der Waals surface area (Å²) in [7, 11) is 1.25. The SMILES string of the molecule is CO[N+]([O-])(C(=O)c1c(C[N+]2([O-])CCOCC2)c(-c2ccccc2)nc2ccccc12)C(C)c1ccccc1. The molecule has 0 radical (unpaired) electrons. The lowest BCUT2D eigenvalue weighted by molar-refractivity contribution is -1.02. The predicted octanol–water partition coefficient (Wildman–Crippen LogP) is 5.52. The van der Waals surface area contributed by atoms with Gasteiger partial charge in [-0.05, 0) is 13.0 Å². The van der Waals surface area contributed by atoms with Crippen molar-refractivity contribution >= 4 is 16.8 Å². The van der Waals surface area contributed by atoms with Crippen molar-refractivity contribution in [3.8, 4) is 11.3 Å². The molecule has 1 amide bonds. The van der Waals surface area contributed by atoms with Crippen LogP contribution in [0.25, 0.3) is 22.2 Å². The second-order valence-corrected chi connectivity index (χ2v) is 9.64. The Balaban J connectivity index is 1.76. The number of hydrogen-bond donors (Lipinski definition) is 0. The summed E-state index contributed by atoms with van der Waals surface area (Å²) in [5.41, 5.74) is 3.14. The maximum absolute atomic E-state index is 14.5. The zero-order valence-electron chi connectivity index (χ0n) is 21.6. The number of aromatic nitrogens is 1. The van der Waals surface area contributed by atoms with Gasteiger partial charge in [0.2, 0.25) is 0 Å². The normalized spacial score (nSPS) is 17.6. The minimum atomic E-state index is -1.57. The minimum Gasteiger partial charge on any atom is -0.632 e. The average molecular weight is 514 g/mol. The van der Waals surface area contributed by atoms with Gasteiger partial charge >= 0.3 is 5.91 Å². The standard InChI is InChI=1S/C30H31N3O5/c1-22(23-11-5-3-6-12-23)33(36,37-2)30(34)28-25-15-9-10-16-27(25)31-29(24-13-7-4-8-14-24)26(28)21-32(35)17-19-38-20-18-32/h3-16,22H,17-21H2,1-2H3. The highest BCUT2D eigenvalue weighted by molar-refractivity contribution is 6.06. The van der Waals surface area contributed by atoms with Crippen molar-refractivity contribution in [3.63, 3.8) is 0 Å². The third kappa shape index (κ3) is 4.86. The Morgan fingerprint density at radius 3 is 2.26 bits per heavy atom. The number of ether oxygens (including phenoxy) is 1. The van der Waals surface area contributed by atoms with Crippen molar-refractivity contribution in [2.24, 2.45) is 0 Å². The molecule has 38 heavy (non-hydrogen) atoms. The van der Waals surface area contributed by atoms with Crippen LogP contribution in [0.4, 0.5) is 0 Å². The molecule has 1 aliphatic rings. The third-order valence-corrected chi connectivity index (χ3v) is 7.33. The van der Waals surface area contributed by atoms with E-state index >= 15 is 0 Å². The molecule has 4 aromatic rings. The number of pyridine rings is 1. The first-order valence-corrected chi connectivity index (χ1v) is 12.7. The number of quaternary nitrogens is 2. The van der Waals surface area contributed by atoms with E-state index in [9.17, 15) is 15.2 Å². The highest BCUT2D eigenvalue weighted by Crippen LogP contribution is 2.38. The lowest BCUT2D eigenvalue weighted by atomic mass is 9.94. The molecule has 3 aromatic carbocycles. The van der Waals surface area contributed by atoms with Crippen molar-refractivity contribution < 1.29 is 23.8 Å². The molecule has 0 spiro atoms. The number of rotatable bonds is 7. The van der Waals surface area contributed by atoms with E-state index < -0.39 is 21.4 Å². The van der Waals surface area contributed by atoms with Crippen LogP contribution in [0, 0.1) is 10.4 Å². The number of benzene rings is 3. The Morgan fingerprint density at radius 2 is 1.61 bits per heavy atom. The summed E-state index contributed by atoms with van der Waals surface area (Å²) in [5.74, 6) is -0.769. The highest BCUT2D eigenvalue weighted by Gasteiger charge is 2.41. The maximum atomic E-state index is 14.5. The summed E-state index contributed by atoms with van der Waals surface area (Å²) in [5, 5.41) is 28.7. The van der Waals surface area contributed by atoms with Crippen LogP contribution in [0.2, 0.25) is 0 Å². The number of carbonyl (C=O) groups excluding carboxylic acids is 1. The molecule has 0 saturated carbocycles. The molecule has 2 atom stereocenters. The zero-order valence-corrected chi connectivity index (χ0v) is 21.6. The fourth-order valence-corrected chi connectivity index (χ4v) is 5.11. The molecule has 196 valence electrons. The predicted molar refractivity (Wildman–Crippen MR) is 145 cm³/mol. The molecule has 2 unspecified atom stereocenters. The van der Waals surface area contributed by atoms with E-state index in [4.69, 9.17) is 14.6 Å². The first-order valence-electron chi connectivity index (χ1n) is 12.7. The molecule has 0 N–H and O–H groups in total. The first kappa shape index (κ1) is 26.1. The van der Waals surface area contributed by atoms with Crippen molar-refractivity contribution in [1.29, 1.82) is 0 Å². The minimum absolute atomic E-state index is 0.0179. The Morgan fingerprint density at radius 1 is 1.00 bits per heavy atom. The van der Waals surface area contributed by atoms with Gasteiger partial charge in [0.1, 0.15) is 31.2 Å². The first-order chi connectivity index (χ1) is 18.4. The molecule has 2 heterocycles. The van der Waals surface area contributed by atoms with Gasteiger partial charge in [0.25, 0.3) is 0 Å². The summed E-state index contributed by atoms with van der Waals surface area (Å²) in [4.78, 5) is 23.2. The highest BCUT2D eigenvalue weighted by atomic mass is 16.9. The quantitative estimate of drug-likeness (QED) is 0.183. The van der Waals surface area contributed by atoms with Crippen molar-refractivity contribution in [2.75, 3.05) is 33.4 Å². The smallest absolute Gasteiger partial charge is 0.380 e. The molecule has 1 saturated heterocycles. The zero-order chi connectivity index (χ0) is 26.8. The molecule has 8 nitrogen and oxygen atoms in total. The number of hydroxylamine groups is 7. The van der Waals surface area contributed by atoms with Crippen molar-refractivity contribution in [2.45, 2.75) is 19.5 Å². The average Bonchev–Trinajstić information content (AvgIpc) is 2.96. The number of amides is 1. The Labute approximate surface area is 222 Å². The van der Waals surface area contributed by atoms with E-state index in [1.807, 2.05) is 60.7 Å². The molecule has 1 aromatic heterocycles. The Bertz CT molecular complexity index is 1420. The van der Waals surface area contributed by atoms with Crippen LogP contribution in [0.3, 0.4) is 0 Å². The van der Waals surface area contributed by atoms with Gasteiger partial charge in [0.15, 0.2) is 0 Å². The van der Waals surface area contributed by atoms with E-state index in [-0.39, 0.29) is 25.2 Å². The fourth-order valence-electron chi connectivity index (χ4n) is 5.11. The van der Waals surface area contributed by atoms with Crippen LogP contribution in [-0.2, 0) is 16.1 Å². The molecular weight excluding hydrogens is 482 g/mol. The molecule has 8 heteroatoms. The van der Waals surface area contributed by atoms with Gasteiger partial charge < -0.3 is 19.8 Å². The second kappa shape index (κ2) is 10.7. The maximum Gasteiger partial charge on any atom is 0.380 e. The summed E-state index contributed by atoms with van der Waals surface area (Å²) in [6.45, 7) is 2.82. The molecule has 0 bridgehead atoms. The van der Waals surface area contributed by atoms with Crippen LogP contribution >= 0.6 is 0 Å². The third-order valence-electron chi connectivity index (χ3n) is 7.33. The van der Waals surface area contributed by atoms with Crippen LogP contribution in [0.15, 0.2) is 84.9 Å². The van der Waals surface area contributed by atoms with Gasteiger partial charge in [0.05, 0.1) is 37.1 Å². The fraction of sp³-hybridized carbons (Fsp3) is 0.267. The number of carbonyl (C=O) groups is 1. The second-order valence-electron chi connectivity index (χ2n) is 9.64. The van der Waals surface area contributed by atoms with Crippen LogP contribution < -0.4 is 0 Å². The van der Waals surface area contributed by atoms with Gasteiger partial charge in [-0.3, -0.25) is 0 Å². The molecule has 0 aliphatic carbocycles. The summed E-state index contributed by atoms with van der Waals surface area (Å²) >= 11 is 0. The van der Waals surface area contributed by atoms with E-state index in [1.165, 1.54) is 7.11 Å². The van der Waals surface area contributed by atoms with Gasteiger partial charge in [-0.1, -0.05) is 78.9 Å². The number of nitrogens with zero attached hydrogens (tertiary/aromatic N) is 3. The molecule has 1 fully saturated rings. The largest absolute Gasteiger partial charge is 0.632 e. The van der Waals surface area contributed by atoms with E-state index in [2.05, 4.69) is 0 Å². The topological polar surface area (TPSA) is 94.5 Å². The lowest BCUT2D eigenvalue weighted by Gasteiger charge is -2.46. The monoisotopic (exact) mass is 513 g/mol. The van der Waals surface area contributed by atoms with Crippen LogP contribution in [-0.4, -0.2) is 53.8 Å². The molecule has 1 aliphatic heterocycles. The summed E-state index contributed by atoms with van der Waals surface area (Å²) in [6.07, 6.45) is 0. The van der Waals surface area contributed by atoms with Gasteiger partial charge in [-0.15, -0.1) is 4.81 Å². The van der Waals surface area contributed by atoms with Gasteiger partial charge in [-0.2, -0.15) is 4.84 Å². The van der Waals surface area contributed by atoms with E-state index in [0.29, 0.717) is 40.9 Å². The van der Waals surface area contributed by atoms with Crippen LogP contribution in [0.5, 0.6) is 0 Å². The Kier molecular flexibility index (Phi) is 7.36. The number of hydrogen-bond acceptors (Lipinski definition) is 6. The van der Waals surface area contributed by atoms with Crippen molar-refractivity contribution in [1.82, 2.24) is 4.98 Å². The van der Waals surface area contributed by atoms with Crippen molar-refractivity contribution in [3.05, 3.63) is 112 Å². The van der Waals surface area contributed by atoms with E-state index in [0.717, 1.165) is 5.56 Å². The molecule has 5 rings (SSSR count). The van der Waals surface area contributed by atoms with E-state index in [1.54, 1.807) is 31.2 Å². The lowest BCUT2D eigenvalue weighted by Crippen LogP contribution is -2.51. The number of fused-ring (bicyclic) bond motifs is 1. The van der Waals surface area contributed by atoms with Gasteiger partial charge in [0, 0.05) is 16.5 Å². The number of para-hydroxylation sites is 1. The summed E-state index contributed by atoms with van der Waals surface area (Å²) in [6, 6.07) is 24.9.